The maximum absolute atomic E-state index is 12.8. The molecule has 0 spiro atoms. The van der Waals surface area contributed by atoms with Crippen LogP contribution in [0.15, 0.2) is 30.9 Å². The third-order valence-electron chi connectivity index (χ3n) is 10.5. The first-order valence-electron chi connectivity index (χ1n) is 19.2. The number of H-pyrrole nitrogens is 2. The molecule has 3 amide bonds. The summed E-state index contributed by atoms with van der Waals surface area (Å²) in [5, 5.41) is 13.8. The largest absolute Gasteiger partial charge is 0.482 e. The Hall–Kier alpha value is -5.34. The van der Waals surface area contributed by atoms with Crippen molar-refractivity contribution in [1.82, 2.24) is 40.5 Å². The highest BCUT2D eigenvalue weighted by Gasteiger charge is 2.30. The molecule has 0 radical (unpaired) electrons. The third-order valence-corrected chi connectivity index (χ3v) is 12.9. The first-order chi connectivity index (χ1) is 28.1. The molecule has 5 aromatic rings. The van der Waals surface area contributed by atoms with E-state index >= 15 is 0 Å². The van der Waals surface area contributed by atoms with Crippen molar-refractivity contribution in [2.45, 2.75) is 51.4 Å². The number of hydrogen-bond donors (Lipinski definition) is 6. The second-order valence-corrected chi connectivity index (χ2v) is 20.0. The maximum Gasteiger partial charge on any atom is 0.262 e. The molecule has 4 aromatic heterocycles. The van der Waals surface area contributed by atoms with Crippen LogP contribution in [0, 0.1) is 11.8 Å². The summed E-state index contributed by atoms with van der Waals surface area (Å²) < 4.78 is 50.3. The number of ether oxygens (including phenoxy) is 1. The Morgan fingerprint density at radius 1 is 0.814 bits per heavy atom. The molecular weight excluding hydrogens is 824 g/mol. The Labute approximate surface area is 345 Å². The van der Waals surface area contributed by atoms with E-state index in [0.29, 0.717) is 85.3 Å². The number of carbonyl (C=O) groups is 3. The molecule has 3 aliphatic rings. The Kier molecular flexibility index (Phi) is 12.4. The molecule has 6 N–H and O–H groups in total. The SMILES string of the molecule is CS(=O)(=O)CCCNC(=O)C1CCc2[nH]c3ncnc(Cl)c3c2C1.CS(=O)(=O)CCCNC(=O)C1CCc2[nH]c3ncnc(Nc4ccc5c(c4)OCC(=O)N5)c3c2C1. The van der Waals surface area contributed by atoms with Crippen molar-refractivity contribution in [2.75, 3.05) is 54.3 Å². The van der Waals surface area contributed by atoms with Crippen LogP contribution < -0.4 is 26.0 Å². The number of amides is 3. The second kappa shape index (κ2) is 17.5. The van der Waals surface area contributed by atoms with Crippen molar-refractivity contribution >= 4 is 88.3 Å². The van der Waals surface area contributed by atoms with E-state index in [1.165, 1.54) is 25.2 Å². The van der Waals surface area contributed by atoms with Gasteiger partial charge in [0.2, 0.25) is 11.8 Å². The van der Waals surface area contributed by atoms with Crippen LogP contribution in [-0.4, -0.2) is 108 Å². The lowest BCUT2D eigenvalue weighted by molar-refractivity contribution is -0.126. The summed E-state index contributed by atoms with van der Waals surface area (Å²) in [5.74, 6) is 0.651. The van der Waals surface area contributed by atoms with Gasteiger partial charge in [0, 0.05) is 60.6 Å². The minimum atomic E-state index is -3.04. The molecule has 59 heavy (non-hydrogen) atoms. The minimum absolute atomic E-state index is 0.0305. The van der Waals surface area contributed by atoms with E-state index in [9.17, 15) is 31.2 Å². The van der Waals surface area contributed by atoms with Gasteiger partial charge in [-0.2, -0.15) is 0 Å². The fourth-order valence-electron chi connectivity index (χ4n) is 7.65. The van der Waals surface area contributed by atoms with E-state index in [1.807, 2.05) is 6.07 Å². The van der Waals surface area contributed by atoms with Crippen molar-refractivity contribution in [2.24, 2.45) is 11.8 Å². The Morgan fingerprint density at radius 3 is 1.97 bits per heavy atom. The number of benzene rings is 1. The average molecular weight is 869 g/mol. The molecule has 314 valence electrons. The molecule has 2 atom stereocenters. The van der Waals surface area contributed by atoms with Crippen LogP contribution in [0.25, 0.3) is 22.1 Å². The lowest BCUT2D eigenvalue weighted by atomic mass is 9.86. The van der Waals surface area contributed by atoms with Gasteiger partial charge >= 0.3 is 0 Å². The number of aromatic nitrogens is 6. The van der Waals surface area contributed by atoms with Crippen LogP contribution >= 0.6 is 11.6 Å². The standard InChI is InChI=1S/C23H26N6O5S.C15H19ClN4O3S/c1-35(32,33)8-2-7-24-23(31)13-3-5-16-15(9-13)20-21(25-12-26-22(20)29-16)27-14-4-6-17-18(10-14)34-11-19(30)28-17;1-24(22,23)6-2-5-17-15(21)9-3-4-11-10(7-9)12-13(16)18-8-19-14(12)20-11/h4,6,10,12-13H,2-3,5,7-9,11H2,1H3,(H,24,31)(H,28,30)(H2,25,26,27,29);8-9H,2-7H2,1H3,(H,17,21)(H,18,19,20). The molecule has 0 saturated heterocycles. The molecule has 0 bridgehead atoms. The monoisotopic (exact) mass is 868 g/mol. The van der Waals surface area contributed by atoms with Crippen molar-refractivity contribution in [3.05, 3.63) is 58.5 Å². The molecule has 2 aliphatic carbocycles. The van der Waals surface area contributed by atoms with Gasteiger partial charge in [0.05, 0.1) is 28.0 Å². The lowest BCUT2D eigenvalue weighted by Crippen LogP contribution is -2.35. The Balaban J connectivity index is 0.000000192. The number of anilines is 3. The highest BCUT2D eigenvalue weighted by molar-refractivity contribution is 7.90. The summed E-state index contributed by atoms with van der Waals surface area (Å²) in [7, 11) is -6.04. The van der Waals surface area contributed by atoms with E-state index < -0.39 is 19.7 Å². The third kappa shape index (κ3) is 10.3. The zero-order chi connectivity index (χ0) is 41.9. The van der Waals surface area contributed by atoms with Gasteiger partial charge in [-0.1, -0.05) is 11.6 Å². The average Bonchev–Trinajstić information content (AvgIpc) is 3.76. The molecule has 8 rings (SSSR count). The highest BCUT2D eigenvalue weighted by Crippen LogP contribution is 2.37. The summed E-state index contributed by atoms with van der Waals surface area (Å²) in [6.07, 6.45) is 10.1. The van der Waals surface area contributed by atoms with Crippen molar-refractivity contribution in [3.63, 3.8) is 0 Å². The smallest absolute Gasteiger partial charge is 0.262 e. The fraction of sp³-hybridized carbons (Fsp3) is 0.447. The van der Waals surface area contributed by atoms with Crippen LogP contribution in [0.3, 0.4) is 0 Å². The number of aromatic amines is 2. The number of carbonyl (C=O) groups excluding carboxylic acids is 3. The molecule has 18 nitrogen and oxygen atoms in total. The lowest BCUT2D eigenvalue weighted by Gasteiger charge is -2.22. The predicted octanol–water partition coefficient (Wildman–Crippen LogP) is 2.96. The fourth-order valence-corrected chi connectivity index (χ4v) is 9.24. The van der Waals surface area contributed by atoms with Crippen LogP contribution in [-0.2, 0) is 59.7 Å². The molecule has 0 saturated carbocycles. The molecule has 2 unspecified atom stereocenters. The zero-order valence-electron chi connectivity index (χ0n) is 32.5. The molecule has 1 aliphatic heterocycles. The number of rotatable bonds is 12. The van der Waals surface area contributed by atoms with E-state index in [4.69, 9.17) is 16.3 Å². The van der Waals surface area contributed by atoms with Crippen LogP contribution in [0.2, 0.25) is 5.15 Å². The van der Waals surface area contributed by atoms with Gasteiger partial charge < -0.3 is 36.0 Å². The van der Waals surface area contributed by atoms with Crippen molar-refractivity contribution < 1.29 is 36.0 Å². The number of aryl methyl sites for hydroxylation is 2. The molecule has 1 aromatic carbocycles. The Bertz CT molecular complexity index is 2650. The number of sulfone groups is 2. The number of halogens is 1. The van der Waals surface area contributed by atoms with E-state index in [2.05, 4.69) is 51.2 Å². The van der Waals surface area contributed by atoms with Crippen LogP contribution in [0.1, 0.15) is 48.2 Å². The van der Waals surface area contributed by atoms with Crippen LogP contribution in [0.5, 0.6) is 5.75 Å². The first-order valence-corrected chi connectivity index (χ1v) is 23.7. The number of nitrogens with one attached hydrogen (secondary N) is 6. The van der Waals surface area contributed by atoms with Gasteiger partial charge in [-0.15, -0.1) is 0 Å². The van der Waals surface area contributed by atoms with Crippen molar-refractivity contribution in [3.8, 4) is 5.75 Å². The Morgan fingerprint density at radius 2 is 1.37 bits per heavy atom. The van der Waals surface area contributed by atoms with Gasteiger partial charge in [-0.05, 0) is 74.6 Å². The van der Waals surface area contributed by atoms with Crippen LogP contribution in [0.4, 0.5) is 17.2 Å². The van der Waals surface area contributed by atoms with Gasteiger partial charge in [0.15, 0.2) is 6.61 Å². The predicted molar refractivity (Wildman–Crippen MR) is 222 cm³/mol. The van der Waals surface area contributed by atoms with Gasteiger partial charge in [0.1, 0.15) is 60.3 Å². The van der Waals surface area contributed by atoms with E-state index in [0.717, 1.165) is 51.8 Å². The topological polar surface area (TPSA) is 260 Å². The first kappa shape index (κ1) is 41.8. The van der Waals surface area contributed by atoms with E-state index in [-0.39, 0.29) is 47.7 Å². The summed E-state index contributed by atoms with van der Waals surface area (Å²) in [6.45, 7) is 0.671. The summed E-state index contributed by atoms with van der Waals surface area (Å²) in [5.41, 5.74) is 6.88. The second-order valence-electron chi connectivity index (χ2n) is 15.1. The van der Waals surface area contributed by atoms with E-state index in [1.54, 1.807) is 12.1 Å². The number of fused-ring (bicyclic) bond motifs is 7. The van der Waals surface area contributed by atoms with Crippen molar-refractivity contribution in [1.29, 1.82) is 0 Å². The summed E-state index contributed by atoms with van der Waals surface area (Å²) in [6, 6.07) is 5.39. The quantitative estimate of drug-likeness (QED) is 0.0780. The minimum Gasteiger partial charge on any atom is -0.482 e. The van der Waals surface area contributed by atoms with Gasteiger partial charge in [-0.25, -0.2) is 36.8 Å². The number of nitrogens with zero attached hydrogens (tertiary/aromatic N) is 4. The summed E-state index contributed by atoms with van der Waals surface area (Å²) >= 11 is 6.18. The molecule has 0 fully saturated rings. The number of hydrogen-bond acceptors (Lipinski definition) is 13. The van der Waals surface area contributed by atoms with Gasteiger partial charge in [-0.3, -0.25) is 14.4 Å². The molecule has 21 heteroatoms. The summed E-state index contributed by atoms with van der Waals surface area (Å²) in [4.78, 5) is 60.3. The normalized spacial score (nSPS) is 17.4. The maximum atomic E-state index is 12.8. The highest BCUT2D eigenvalue weighted by atomic mass is 35.5. The van der Waals surface area contributed by atoms with Gasteiger partial charge in [0.25, 0.3) is 5.91 Å². The molecule has 5 heterocycles. The molecular formula is C38H45ClN10O8S2. The zero-order valence-corrected chi connectivity index (χ0v) is 34.9.